The zero-order valence-corrected chi connectivity index (χ0v) is 16.1. The van der Waals surface area contributed by atoms with Crippen LogP contribution in [0.4, 0.5) is 0 Å². The highest BCUT2D eigenvalue weighted by atomic mass is 79.9. The molecule has 4 aromatic rings. The first kappa shape index (κ1) is 15.8. The van der Waals surface area contributed by atoms with Gasteiger partial charge < -0.3 is 0 Å². The second kappa shape index (κ2) is 6.40. The summed E-state index contributed by atoms with van der Waals surface area (Å²) >= 11 is 3.77. The lowest BCUT2D eigenvalue weighted by molar-refractivity contribution is -0.594. The molecule has 3 heteroatoms. The van der Waals surface area contributed by atoms with E-state index >= 15 is 0 Å². The summed E-state index contributed by atoms with van der Waals surface area (Å²) in [5.74, 6) is 0. The summed E-state index contributed by atoms with van der Waals surface area (Å²) < 4.78 is 5.69. The Hall–Kier alpha value is -2.39. The second-order valence-electron chi connectivity index (χ2n) is 7.07. The normalized spacial score (nSPS) is 13.7. The van der Waals surface area contributed by atoms with E-state index in [1.54, 1.807) is 0 Å². The number of hydrogen-bond acceptors (Lipinski definition) is 0. The highest BCUT2D eigenvalue weighted by molar-refractivity contribution is 9.10. The SMILES string of the molecule is Brc1cc2ccc1CCc1ccc(cc1-[n+]1cc3ccccn3c1)CC2. The zero-order chi connectivity index (χ0) is 17.5. The van der Waals surface area contributed by atoms with Crippen molar-refractivity contribution in [2.75, 3.05) is 0 Å². The van der Waals surface area contributed by atoms with Crippen molar-refractivity contribution in [3.05, 3.63) is 100 Å². The van der Waals surface area contributed by atoms with Crippen LogP contribution in [0.3, 0.4) is 0 Å². The summed E-state index contributed by atoms with van der Waals surface area (Å²) in [5, 5.41) is 0. The van der Waals surface area contributed by atoms with Crippen molar-refractivity contribution in [3.8, 4) is 5.69 Å². The number of halogens is 1. The van der Waals surface area contributed by atoms with Crippen molar-refractivity contribution >= 4 is 21.4 Å². The van der Waals surface area contributed by atoms with E-state index < -0.39 is 0 Å². The maximum atomic E-state index is 3.77. The molecular weight excluding hydrogens is 384 g/mol. The molecule has 4 aliphatic rings. The first-order valence-corrected chi connectivity index (χ1v) is 9.93. The number of fused-ring (bicyclic) bond motifs is 1. The molecule has 2 aromatic carbocycles. The Balaban J connectivity index is 1.62. The van der Waals surface area contributed by atoms with Crippen LogP contribution in [-0.4, -0.2) is 4.40 Å². The molecule has 0 N–H and O–H groups in total. The third-order valence-corrected chi connectivity index (χ3v) is 6.09. The largest absolute Gasteiger partial charge is 0.254 e. The fourth-order valence-corrected chi connectivity index (χ4v) is 4.47. The Labute approximate surface area is 161 Å². The van der Waals surface area contributed by atoms with Gasteiger partial charge in [-0.2, -0.15) is 0 Å². The van der Waals surface area contributed by atoms with Crippen LogP contribution >= 0.6 is 15.9 Å². The Morgan fingerprint density at radius 1 is 0.808 bits per heavy atom. The molecule has 4 bridgehead atoms. The molecule has 0 saturated carbocycles. The van der Waals surface area contributed by atoms with E-state index in [1.165, 1.54) is 37.9 Å². The van der Waals surface area contributed by atoms with Crippen molar-refractivity contribution < 1.29 is 4.57 Å². The van der Waals surface area contributed by atoms with Crippen LogP contribution in [0.15, 0.2) is 77.8 Å². The minimum Gasteiger partial charge on any atom is -0.202 e. The number of benzene rings is 2. The quantitative estimate of drug-likeness (QED) is 0.401. The summed E-state index contributed by atoms with van der Waals surface area (Å²) in [6.07, 6.45) is 10.7. The van der Waals surface area contributed by atoms with Gasteiger partial charge in [-0.3, -0.25) is 0 Å². The molecule has 0 radical (unpaired) electrons. The number of pyridine rings is 1. The number of nitrogens with zero attached hydrogens (tertiary/aromatic N) is 2. The van der Waals surface area contributed by atoms with Crippen LogP contribution in [0, 0.1) is 0 Å². The van der Waals surface area contributed by atoms with Gasteiger partial charge in [-0.25, -0.2) is 8.97 Å². The standard InChI is InChI=1S/C23H20BrN2/c24-22-13-17-4-5-18-7-9-20(11-10-19(22)8-6-17)23(14-18)26-15-21-3-1-2-12-25(21)16-26/h1-3,6-9,12-16H,4-5,10-11H2/q+1. The monoisotopic (exact) mass is 403 g/mol. The fourth-order valence-electron chi connectivity index (χ4n) is 3.85. The van der Waals surface area contributed by atoms with Gasteiger partial charge in [-0.1, -0.05) is 46.3 Å². The molecule has 0 unspecified atom stereocenters. The van der Waals surface area contributed by atoms with E-state index in [2.05, 4.69) is 98.2 Å². The van der Waals surface area contributed by atoms with Gasteiger partial charge in [0.1, 0.15) is 11.9 Å². The van der Waals surface area contributed by atoms with Gasteiger partial charge in [0.05, 0.1) is 6.20 Å². The van der Waals surface area contributed by atoms with Crippen LogP contribution in [-0.2, 0) is 25.7 Å². The minimum absolute atomic E-state index is 1.03. The Bertz CT molecular complexity index is 1080. The predicted octanol–water partition coefficient (Wildman–Crippen LogP) is 4.86. The number of imidazole rings is 1. The number of hydrogen-bond donors (Lipinski definition) is 0. The van der Waals surface area contributed by atoms with Gasteiger partial charge in [-0.15, -0.1) is 0 Å². The minimum atomic E-state index is 1.03. The molecule has 2 nitrogen and oxygen atoms in total. The highest BCUT2D eigenvalue weighted by Gasteiger charge is 2.15. The molecule has 0 fully saturated rings. The lowest BCUT2D eigenvalue weighted by atomic mass is 9.95. The summed E-state index contributed by atoms with van der Waals surface area (Å²) in [6, 6.07) is 20.2. The first-order valence-electron chi connectivity index (χ1n) is 9.14. The van der Waals surface area contributed by atoms with Gasteiger partial charge in [0.25, 0.3) is 6.33 Å². The maximum Gasteiger partial charge on any atom is 0.254 e. The molecule has 26 heavy (non-hydrogen) atoms. The van der Waals surface area contributed by atoms with Gasteiger partial charge >= 0.3 is 0 Å². The molecular formula is C23H20BrN2+. The zero-order valence-electron chi connectivity index (χ0n) is 14.5. The van der Waals surface area contributed by atoms with Gasteiger partial charge in [0.2, 0.25) is 0 Å². The second-order valence-corrected chi connectivity index (χ2v) is 7.93. The summed E-state index contributed by atoms with van der Waals surface area (Å²) in [7, 11) is 0. The Morgan fingerprint density at radius 2 is 1.58 bits per heavy atom. The van der Waals surface area contributed by atoms with E-state index in [1.807, 2.05) is 0 Å². The van der Waals surface area contributed by atoms with Gasteiger partial charge in [-0.05, 0) is 72.2 Å². The van der Waals surface area contributed by atoms with Crippen LogP contribution in [0.1, 0.15) is 22.3 Å². The summed E-state index contributed by atoms with van der Waals surface area (Å²) in [4.78, 5) is 0. The van der Waals surface area contributed by atoms with Crippen molar-refractivity contribution in [1.29, 1.82) is 0 Å². The van der Waals surface area contributed by atoms with Crippen molar-refractivity contribution in [3.63, 3.8) is 0 Å². The maximum absolute atomic E-state index is 3.77. The molecule has 2 heterocycles. The Kier molecular flexibility index (Phi) is 3.90. The Morgan fingerprint density at radius 3 is 2.38 bits per heavy atom. The average Bonchev–Trinajstić information content (AvgIpc) is 3.08. The lowest BCUT2D eigenvalue weighted by Crippen LogP contribution is -2.29. The van der Waals surface area contributed by atoms with Crippen molar-refractivity contribution in [1.82, 2.24) is 4.40 Å². The van der Waals surface area contributed by atoms with E-state index in [0.29, 0.717) is 0 Å². The third kappa shape index (κ3) is 2.86. The topological polar surface area (TPSA) is 8.29 Å². The van der Waals surface area contributed by atoms with E-state index in [-0.39, 0.29) is 0 Å². The predicted molar refractivity (Wildman–Crippen MR) is 108 cm³/mol. The van der Waals surface area contributed by atoms with Crippen LogP contribution in [0.5, 0.6) is 0 Å². The lowest BCUT2D eigenvalue weighted by Gasteiger charge is -2.13. The van der Waals surface area contributed by atoms with Crippen molar-refractivity contribution in [2.24, 2.45) is 0 Å². The molecule has 0 amide bonds. The van der Waals surface area contributed by atoms with E-state index in [9.17, 15) is 0 Å². The van der Waals surface area contributed by atoms with Gasteiger partial charge in [0, 0.05) is 4.47 Å². The smallest absolute Gasteiger partial charge is 0.202 e. The highest BCUT2D eigenvalue weighted by Crippen LogP contribution is 2.24. The van der Waals surface area contributed by atoms with Crippen LogP contribution in [0.25, 0.3) is 11.2 Å². The van der Waals surface area contributed by atoms with Crippen LogP contribution < -0.4 is 4.57 Å². The number of rotatable bonds is 1. The number of aryl methyl sites for hydroxylation is 4. The summed E-state index contributed by atoms with van der Waals surface area (Å²) in [5.41, 5.74) is 8.09. The molecule has 0 aliphatic heterocycles. The molecule has 0 atom stereocenters. The molecule has 4 aliphatic carbocycles. The fraction of sp³-hybridized carbons (Fsp3) is 0.174. The molecule has 2 aromatic heterocycles. The molecule has 8 rings (SSSR count). The molecule has 128 valence electrons. The molecule has 0 saturated heterocycles. The van der Waals surface area contributed by atoms with Crippen LogP contribution in [0.2, 0.25) is 0 Å². The van der Waals surface area contributed by atoms with Crippen molar-refractivity contribution in [2.45, 2.75) is 25.7 Å². The molecule has 0 spiro atoms. The van der Waals surface area contributed by atoms with E-state index in [0.717, 1.165) is 25.7 Å². The first-order chi connectivity index (χ1) is 12.8. The number of aromatic nitrogens is 2. The van der Waals surface area contributed by atoms with Gasteiger partial charge in [0.15, 0.2) is 5.52 Å². The van der Waals surface area contributed by atoms with E-state index in [4.69, 9.17) is 0 Å². The third-order valence-electron chi connectivity index (χ3n) is 5.35. The summed E-state index contributed by atoms with van der Waals surface area (Å²) in [6.45, 7) is 0. The average molecular weight is 404 g/mol.